The van der Waals surface area contributed by atoms with Crippen LogP contribution in [-0.2, 0) is 12.6 Å². The van der Waals surface area contributed by atoms with Crippen LogP contribution >= 0.6 is 34.5 Å². The van der Waals surface area contributed by atoms with Crippen molar-refractivity contribution in [2.45, 2.75) is 12.6 Å². The molecule has 1 aromatic heterocycles. The molecule has 3 aromatic rings. The van der Waals surface area contributed by atoms with E-state index in [1.54, 1.807) is 18.2 Å². The molecule has 0 aliphatic carbocycles. The van der Waals surface area contributed by atoms with E-state index in [2.05, 4.69) is 10.3 Å². The lowest BCUT2D eigenvalue weighted by atomic mass is 10.1. The van der Waals surface area contributed by atoms with E-state index < -0.39 is 17.6 Å². The van der Waals surface area contributed by atoms with E-state index in [4.69, 9.17) is 23.2 Å². The number of thiazole rings is 1. The normalized spacial score (nSPS) is 11.4. The number of anilines is 1. The molecular weight excluding hydrogens is 420 g/mol. The van der Waals surface area contributed by atoms with Gasteiger partial charge in [0.05, 0.1) is 16.8 Å². The second-order valence-corrected chi connectivity index (χ2v) is 7.45. The number of rotatable bonds is 4. The average molecular weight is 431 g/mol. The highest BCUT2D eigenvalue weighted by Crippen LogP contribution is 2.31. The van der Waals surface area contributed by atoms with Gasteiger partial charge < -0.3 is 5.32 Å². The number of hydrogen-bond acceptors (Lipinski definition) is 3. The van der Waals surface area contributed by atoms with Crippen molar-refractivity contribution in [3.63, 3.8) is 0 Å². The zero-order chi connectivity index (χ0) is 19.6. The summed E-state index contributed by atoms with van der Waals surface area (Å²) in [5.41, 5.74) is 0.0404. The van der Waals surface area contributed by atoms with E-state index in [-0.39, 0.29) is 5.56 Å². The van der Waals surface area contributed by atoms with Crippen LogP contribution in [-0.4, -0.2) is 10.9 Å². The first-order valence-corrected chi connectivity index (χ1v) is 9.17. The third-order valence-electron chi connectivity index (χ3n) is 3.65. The van der Waals surface area contributed by atoms with Crippen molar-refractivity contribution in [3.05, 3.63) is 80.4 Å². The zero-order valence-electron chi connectivity index (χ0n) is 13.5. The van der Waals surface area contributed by atoms with E-state index in [9.17, 15) is 18.0 Å². The lowest BCUT2D eigenvalue weighted by molar-refractivity contribution is -0.137. The molecule has 0 spiro atoms. The molecule has 0 saturated carbocycles. The number of carbonyl (C=O) groups excluding carboxylic acids is 1. The van der Waals surface area contributed by atoms with Crippen molar-refractivity contribution >= 4 is 45.4 Å². The molecule has 3 rings (SSSR count). The molecule has 0 aliphatic heterocycles. The van der Waals surface area contributed by atoms with Crippen molar-refractivity contribution in [2.75, 3.05) is 5.32 Å². The monoisotopic (exact) mass is 430 g/mol. The maximum absolute atomic E-state index is 12.6. The number of hydrogen-bond donors (Lipinski definition) is 1. The molecule has 0 bridgehead atoms. The molecule has 27 heavy (non-hydrogen) atoms. The maximum Gasteiger partial charge on any atom is 0.416 e. The van der Waals surface area contributed by atoms with E-state index in [1.165, 1.54) is 17.5 Å². The predicted octanol–water partition coefficient (Wildman–Crippen LogP) is 6.31. The van der Waals surface area contributed by atoms with E-state index in [0.29, 0.717) is 26.5 Å². The van der Waals surface area contributed by atoms with E-state index in [1.807, 2.05) is 0 Å². The Balaban J connectivity index is 1.69. The second-order valence-electron chi connectivity index (χ2n) is 5.52. The van der Waals surface area contributed by atoms with Gasteiger partial charge in [-0.25, -0.2) is 4.98 Å². The van der Waals surface area contributed by atoms with Crippen molar-refractivity contribution in [3.8, 4) is 0 Å². The van der Waals surface area contributed by atoms with Gasteiger partial charge in [0.1, 0.15) is 5.00 Å². The van der Waals surface area contributed by atoms with Crippen molar-refractivity contribution < 1.29 is 18.0 Å². The molecular formula is C18H11Cl2F3N2OS. The Kier molecular flexibility index (Phi) is 5.74. The number of amides is 1. The Morgan fingerprint density at radius 1 is 1.07 bits per heavy atom. The number of nitrogens with one attached hydrogen (secondary N) is 1. The standard InChI is InChI=1S/C18H11Cl2F3N2OS/c19-13-2-1-3-14(20)12(13)8-15-24-9-16(27-15)25-17(26)10-4-6-11(7-5-10)18(21,22)23/h1-7,9H,8H2,(H,25,26). The third-order valence-corrected chi connectivity index (χ3v) is 5.28. The molecule has 3 nitrogen and oxygen atoms in total. The molecule has 0 saturated heterocycles. The van der Waals surface area contributed by atoms with Crippen molar-refractivity contribution in [2.24, 2.45) is 0 Å². The average Bonchev–Trinajstić information content (AvgIpc) is 3.05. The number of halogens is 5. The summed E-state index contributed by atoms with van der Waals surface area (Å²) in [5, 5.41) is 4.82. The van der Waals surface area contributed by atoms with E-state index >= 15 is 0 Å². The first-order chi connectivity index (χ1) is 12.7. The number of aromatic nitrogens is 1. The fourth-order valence-electron chi connectivity index (χ4n) is 2.30. The number of nitrogens with zero attached hydrogens (tertiary/aromatic N) is 1. The SMILES string of the molecule is O=C(Nc1cnc(Cc2c(Cl)cccc2Cl)s1)c1ccc(C(F)(F)F)cc1. The van der Waals surface area contributed by atoms with Gasteiger partial charge in [0.2, 0.25) is 0 Å². The van der Waals surface area contributed by atoms with Crippen LogP contribution in [0.3, 0.4) is 0 Å². The van der Waals surface area contributed by atoms with Gasteiger partial charge in [-0.2, -0.15) is 13.2 Å². The summed E-state index contributed by atoms with van der Waals surface area (Å²) < 4.78 is 37.7. The first-order valence-electron chi connectivity index (χ1n) is 7.60. The van der Waals surface area contributed by atoms with Crippen molar-refractivity contribution in [1.82, 2.24) is 4.98 Å². The van der Waals surface area contributed by atoms with Crippen LogP contribution in [0.4, 0.5) is 18.2 Å². The van der Waals surface area contributed by atoms with Crippen LogP contribution in [0.1, 0.15) is 26.5 Å². The Morgan fingerprint density at radius 3 is 2.30 bits per heavy atom. The molecule has 140 valence electrons. The molecule has 0 radical (unpaired) electrons. The minimum Gasteiger partial charge on any atom is -0.312 e. The van der Waals surface area contributed by atoms with Crippen LogP contribution in [0.15, 0.2) is 48.7 Å². The van der Waals surface area contributed by atoms with E-state index in [0.717, 1.165) is 29.8 Å². The van der Waals surface area contributed by atoms with Gasteiger partial charge in [-0.1, -0.05) is 29.3 Å². The summed E-state index contributed by atoms with van der Waals surface area (Å²) in [6.07, 6.45) is -2.56. The van der Waals surface area contributed by atoms with Crippen LogP contribution in [0.2, 0.25) is 10.0 Å². The largest absolute Gasteiger partial charge is 0.416 e. The summed E-state index contributed by atoms with van der Waals surface area (Å²) in [5.74, 6) is -0.519. The number of alkyl halides is 3. The zero-order valence-corrected chi connectivity index (χ0v) is 15.8. The van der Waals surface area contributed by atoms with Crippen LogP contribution < -0.4 is 5.32 Å². The van der Waals surface area contributed by atoms with Gasteiger partial charge in [-0.15, -0.1) is 11.3 Å². The minimum atomic E-state index is -4.44. The highest BCUT2D eigenvalue weighted by atomic mass is 35.5. The van der Waals surface area contributed by atoms with Crippen LogP contribution in [0, 0.1) is 0 Å². The molecule has 0 fully saturated rings. The van der Waals surface area contributed by atoms with Gasteiger partial charge in [0.25, 0.3) is 5.91 Å². The number of benzene rings is 2. The summed E-state index contributed by atoms with van der Waals surface area (Å²) >= 11 is 13.5. The highest BCUT2D eigenvalue weighted by molar-refractivity contribution is 7.15. The van der Waals surface area contributed by atoms with Gasteiger partial charge in [-0.3, -0.25) is 4.79 Å². The Morgan fingerprint density at radius 2 is 1.70 bits per heavy atom. The summed E-state index contributed by atoms with van der Waals surface area (Å²) in [6.45, 7) is 0. The molecule has 0 aliphatic rings. The lowest BCUT2D eigenvalue weighted by Crippen LogP contribution is -2.12. The first kappa shape index (κ1) is 19.7. The third kappa shape index (κ3) is 4.80. The molecule has 1 N–H and O–H groups in total. The quantitative estimate of drug-likeness (QED) is 0.526. The molecule has 9 heteroatoms. The lowest BCUT2D eigenvalue weighted by Gasteiger charge is -2.07. The van der Waals surface area contributed by atoms with Gasteiger partial charge in [0, 0.05) is 22.0 Å². The second kappa shape index (κ2) is 7.88. The van der Waals surface area contributed by atoms with Gasteiger partial charge >= 0.3 is 6.18 Å². The van der Waals surface area contributed by atoms with Crippen molar-refractivity contribution in [1.29, 1.82) is 0 Å². The van der Waals surface area contributed by atoms with Crippen LogP contribution in [0.25, 0.3) is 0 Å². The Hall–Kier alpha value is -2.09. The number of carbonyl (C=O) groups is 1. The Bertz CT molecular complexity index is 951. The molecule has 1 amide bonds. The molecule has 0 unspecified atom stereocenters. The molecule has 0 atom stereocenters. The minimum absolute atomic E-state index is 0.118. The molecule has 1 heterocycles. The predicted molar refractivity (Wildman–Crippen MR) is 101 cm³/mol. The smallest absolute Gasteiger partial charge is 0.312 e. The van der Waals surface area contributed by atoms with Gasteiger partial charge in [-0.05, 0) is 42.0 Å². The maximum atomic E-state index is 12.6. The van der Waals surface area contributed by atoms with Crippen LogP contribution in [0.5, 0.6) is 0 Å². The summed E-state index contributed by atoms with van der Waals surface area (Å²) in [4.78, 5) is 16.4. The summed E-state index contributed by atoms with van der Waals surface area (Å²) in [6, 6.07) is 9.19. The van der Waals surface area contributed by atoms with Gasteiger partial charge in [0.15, 0.2) is 0 Å². The molecule has 2 aromatic carbocycles. The fourth-order valence-corrected chi connectivity index (χ4v) is 3.65. The Labute approximate surface area is 166 Å². The topological polar surface area (TPSA) is 42.0 Å². The highest BCUT2D eigenvalue weighted by Gasteiger charge is 2.30. The fraction of sp³-hybridized carbons (Fsp3) is 0.111. The summed E-state index contributed by atoms with van der Waals surface area (Å²) in [7, 11) is 0.